The van der Waals surface area contributed by atoms with Gasteiger partial charge in [-0.2, -0.15) is 5.10 Å². The molecule has 0 fully saturated rings. The Labute approximate surface area is 166 Å². The minimum Gasteiger partial charge on any atom is -0.507 e. The number of aromatic nitrogens is 2. The summed E-state index contributed by atoms with van der Waals surface area (Å²) in [5.41, 5.74) is 9.85. The van der Waals surface area contributed by atoms with E-state index in [0.717, 1.165) is 16.8 Å². The molecule has 2 heterocycles. The number of carbonyl (C=O) groups excluding carboxylic acids is 1. The van der Waals surface area contributed by atoms with Crippen molar-refractivity contribution in [3.8, 4) is 22.8 Å². The Bertz CT molecular complexity index is 1050. The van der Waals surface area contributed by atoms with Gasteiger partial charge >= 0.3 is 0 Å². The summed E-state index contributed by atoms with van der Waals surface area (Å²) in [5, 5.41) is 27.3. The van der Waals surface area contributed by atoms with Crippen LogP contribution in [0.2, 0.25) is 5.02 Å². The first-order chi connectivity index (χ1) is 13.5. The maximum atomic E-state index is 12.9. The van der Waals surface area contributed by atoms with Crippen LogP contribution in [0.25, 0.3) is 11.3 Å². The first kappa shape index (κ1) is 18.3. The van der Waals surface area contributed by atoms with Crippen LogP contribution >= 0.6 is 11.6 Å². The molecule has 0 radical (unpaired) electrons. The molecule has 5 N–H and O–H groups in total. The van der Waals surface area contributed by atoms with E-state index in [0.29, 0.717) is 42.9 Å². The van der Waals surface area contributed by atoms with E-state index in [1.807, 2.05) is 12.1 Å². The minimum absolute atomic E-state index is 0.0747. The number of nitrogens with two attached hydrogens (primary N) is 1. The number of aromatic hydroxyl groups is 2. The van der Waals surface area contributed by atoms with Gasteiger partial charge in [0.1, 0.15) is 17.2 Å². The molecule has 0 spiro atoms. The van der Waals surface area contributed by atoms with Gasteiger partial charge in [-0.25, -0.2) is 0 Å². The fourth-order valence-electron chi connectivity index (χ4n) is 3.40. The lowest BCUT2D eigenvalue weighted by atomic mass is 9.99. The molecule has 144 valence electrons. The quantitative estimate of drug-likeness (QED) is 0.541. The monoisotopic (exact) mass is 398 g/mol. The SMILES string of the molecule is NCc1ccc(C(=O)N2CCc3[nH]nc(-c4cc(Cl)c(O)cc4O)c3C2)cc1. The summed E-state index contributed by atoms with van der Waals surface area (Å²) in [4.78, 5) is 14.7. The summed E-state index contributed by atoms with van der Waals surface area (Å²) in [5.74, 6) is -0.406. The number of hydrogen-bond donors (Lipinski definition) is 4. The summed E-state index contributed by atoms with van der Waals surface area (Å²) < 4.78 is 0. The molecule has 0 unspecified atom stereocenters. The summed E-state index contributed by atoms with van der Waals surface area (Å²) in [6.07, 6.45) is 0.627. The zero-order valence-electron chi connectivity index (χ0n) is 14.9. The van der Waals surface area contributed by atoms with Gasteiger partial charge < -0.3 is 20.8 Å². The maximum Gasteiger partial charge on any atom is 0.254 e. The van der Waals surface area contributed by atoms with E-state index in [9.17, 15) is 15.0 Å². The summed E-state index contributed by atoms with van der Waals surface area (Å²) >= 11 is 6.00. The Morgan fingerprint density at radius 1 is 1.21 bits per heavy atom. The molecule has 4 rings (SSSR count). The fraction of sp³-hybridized carbons (Fsp3) is 0.200. The number of aromatic amines is 1. The number of hydrogen-bond acceptors (Lipinski definition) is 5. The van der Waals surface area contributed by atoms with Crippen molar-refractivity contribution in [3.63, 3.8) is 0 Å². The number of halogens is 1. The van der Waals surface area contributed by atoms with Crippen molar-refractivity contribution in [2.24, 2.45) is 5.73 Å². The van der Waals surface area contributed by atoms with Crippen LogP contribution < -0.4 is 5.73 Å². The summed E-state index contributed by atoms with van der Waals surface area (Å²) in [6.45, 7) is 1.35. The molecule has 7 nitrogen and oxygen atoms in total. The average molecular weight is 399 g/mol. The molecule has 0 atom stereocenters. The predicted molar refractivity (Wildman–Crippen MR) is 105 cm³/mol. The third-order valence-electron chi connectivity index (χ3n) is 4.98. The first-order valence-electron chi connectivity index (χ1n) is 8.84. The van der Waals surface area contributed by atoms with Crippen molar-refractivity contribution < 1.29 is 15.0 Å². The number of fused-ring (bicyclic) bond motifs is 1. The Morgan fingerprint density at radius 3 is 2.68 bits per heavy atom. The Balaban J connectivity index is 1.64. The zero-order valence-corrected chi connectivity index (χ0v) is 15.7. The molecular formula is C20H19ClN4O3. The molecule has 28 heavy (non-hydrogen) atoms. The third-order valence-corrected chi connectivity index (χ3v) is 5.28. The average Bonchev–Trinajstić information content (AvgIpc) is 3.13. The molecule has 3 aromatic rings. The minimum atomic E-state index is -0.204. The van der Waals surface area contributed by atoms with E-state index in [-0.39, 0.29) is 22.4 Å². The predicted octanol–water partition coefficient (Wildman–Crippen LogP) is 2.80. The van der Waals surface area contributed by atoms with Crippen LogP contribution in [-0.2, 0) is 19.5 Å². The lowest BCUT2D eigenvalue weighted by Crippen LogP contribution is -2.35. The summed E-state index contributed by atoms with van der Waals surface area (Å²) in [7, 11) is 0. The Kier molecular flexibility index (Phi) is 4.70. The fourth-order valence-corrected chi connectivity index (χ4v) is 3.56. The second kappa shape index (κ2) is 7.18. The molecule has 0 aliphatic carbocycles. The first-order valence-corrected chi connectivity index (χ1v) is 9.22. The number of carbonyl (C=O) groups is 1. The normalized spacial score (nSPS) is 13.4. The number of benzene rings is 2. The number of phenolic OH excluding ortho intramolecular Hbond substituents is 2. The highest BCUT2D eigenvalue weighted by Gasteiger charge is 2.27. The van der Waals surface area contributed by atoms with E-state index in [1.165, 1.54) is 12.1 Å². The maximum absolute atomic E-state index is 12.9. The molecule has 0 saturated heterocycles. The van der Waals surface area contributed by atoms with Crippen molar-refractivity contribution in [3.05, 3.63) is 63.8 Å². The summed E-state index contributed by atoms with van der Waals surface area (Å²) in [6, 6.07) is 9.91. The van der Waals surface area contributed by atoms with Crippen LogP contribution in [0.4, 0.5) is 0 Å². The van der Waals surface area contributed by atoms with E-state index in [1.54, 1.807) is 17.0 Å². The number of nitrogens with one attached hydrogen (secondary N) is 1. The standard InChI is InChI=1S/C20H19ClN4O3/c21-15-7-13(17(26)8-18(15)27)19-14-10-25(6-5-16(14)23-24-19)20(28)12-3-1-11(9-22)2-4-12/h1-4,7-8,26-27H,5-6,9-10,22H2,(H,23,24). The second-order valence-corrected chi connectivity index (χ2v) is 7.14. The number of amides is 1. The molecule has 1 amide bonds. The Hall–Kier alpha value is -3.03. The van der Waals surface area contributed by atoms with E-state index in [4.69, 9.17) is 17.3 Å². The third kappa shape index (κ3) is 3.19. The van der Waals surface area contributed by atoms with Crippen molar-refractivity contribution >= 4 is 17.5 Å². The van der Waals surface area contributed by atoms with Crippen molar-refractivity contribution in [2.75, 3.05) is 6.54 Å². The van der Waals surface area contributed by atoms with Crippen molar-refractivity contribution in [1.82, 2.24) is 15.1 Å². The number of rotatable bonds is 3. The van der Waals surface area contributed by atoms with Gasteiger partial charge in [0.05, 0.1) is 5.02 Å². The number of phenols is 2. The lowest BCUT2D eigenvalue weighted by Gasteiger charge is -2.27. The van der Waals surface area contributed by atoms with Gasteiger partial charge in [-0.3, -0.25) is 9.89 Å². The zero-order chi connectivity index (χ0) is 19.8. The highest BCUT2D eigenvalue weighted by Crippen LogP contribution is 2.39. The van der Waals surface area contributed by atoms with Crippen LogP contribution in [0.5, 0.6) is 11.5 Å². The van der Waals surface area contributed by atoms with Gasteiger partial charge in [-0.1, -0.05) is 23.7 Å². The molecule has 0 bridgehead atoms. The highest BCUT2D eigenvalue weighted by atomic mass is 35.5. The smallest absolute Gasteiger partial charge is 0.254 e. The van der Waals surface area contributed by atoms with Crippen LogP contribution in [0.3, 0.4) is 0 Å². The molecule has 1 aliphatic heterocycles. The number of nitrogens with zero attached hydrogens (tertiary/aromatic N) is 2. The molecular weight excluding hydrogens is 380 g/mol. The largest absolute Gasteiger partial charge is 0.507 e. The molecule has 8 heteroatoms. The van der Waals surface area contributed by atoms with Gasteiger partial charge in [0.2, 0.25) is 0 Å². The van der Waals surface area contributed by atoms with Gasteiger partial charge in [-0.05, 0) is 23.8 Å². The van der Waals surface area contributed by atoms with Crippen molar-refractivity contribution in [2.45, 2.75) is 19.5 Å². The van der Waals surface area contributed by atoms with Crippen molar-refractivity contribution in [1.29, 1.82) is 0 Å². The molecule has 1 aromatic heterocycles. The molecule has 1 aliphatic rings. The van der Waals surface area contributed by atoms with Gasteiger partial charge in [0.15, 0.2) is 0 Å². The van der Waals surface area contributed by atoms with Gasteiger partial charge in [-0.15, -0.1) is 0 Å². The van der Waals surface area contributed by atoms with E-state index >= 15 is 0 Å². The molecule has 2 aromatic carbocycles. The second-order valence-electron chi connectivity index (χ2n) is 6.73. The van der Waals surface area contributed by atoms with Gasteiger partial charge in [0, 0.05) is 54.5 Å². The van der Waals surface area contributed by atoms with Crippen LogP contribution in [0.15, 0.2) is 36.4 Å². The van der Waals surface area contributed by atoms with Gasteiger partial charge in [0.25, 0.3) is 5.91 Å². The lowest BCUT2D eigenvalue weighted by molar-refractivity contribution is 0.0734. The number of H-pyrrole nitrogens is 1. The van der Waals surface area contributed by atoms with E-state index < -0.39 is 0 Å². The van der Waals surface area contributed by atoms with Crippen LogP contribution in [0.1, 0.15) is 27.2 Å². The van der Waals surface area contributed by atoms with Crippen LogP contribution in [0, 0.1) is 0 Å². The molecule has 0 saturated carbocycles. The van der Waals surface area contributed by atoms with Crippen LogP contribution in [-0.4, -0.2) is 37.8 Å². The van der Waals surface area contributed by atoms with E-state index in [2.05, 4.69) is 10.2 Å². The highest BCUT2D eigenvalue weighted by molar-refractivity contribution is 6.32. The topological polar surface area (TPSA) is 115 Å². The Morgan fingerprint density at radius 2 is 1.96 bits per heavy atom.